The van der Waals surface area contributed by atoms with Crippen LogP contribution in [0.1, 0.15) is 11.3 Å². The van der Waals surface area contributed by atoms with Crippen molar-refractivity contribution < 1.29 is 9.53 Å². The molecule has 0 spiro atoms. The minimum Gasteiger partial charge on any atom is -0.383 e. The lowest BCUT2D eigenvalue weighted by atomic mass is 10.2. The number of carbonyl (C=O) groups excluding carboxylic acids is 1. The van der Waals surface area contributed by atoms with Crippen LogP contribution in [-0.2, 0) is 17.8 Å². The molecule has 3 rings (SSSR count). The highest BCUT2D eigenvalue weighted by Crippen LogP contribution is 2.20. The summed E-state index contributed by atoms with van der Waals surface area (Å²) >= 11 is 0. The van der Waals surface area contributed by atoms with Gasteiger partial charge in [0, 0.05) is 31.7 Å². The molecule has 0 aliphatic rings. The zero-order valence-electron chi connectivity index (χ0n) is 14.5. The van der Waals surface area contributed by atoms with Gasteiger partial charge in [0.15, 0.2) is 0 Å². The lowest BCUT2D eigenvalue weighted by Gasteiger charge is -2.10. The summed E-state index contributed by atoms with van der Waals surface area (Å²) in [5.41, 5.74) is 3.73. The van der Waals surface area contributed by atoms with Crippen LogP contribution in [-0.4, -0.2) is 29.3 Å². The van der Waals surface area contributed by atoms with Gasteiger partial charge in [0.25, 0.3) is 0 Å². The van der Waals surface area contributed by atoms with Crippen LogP contribution in [0.5, 0.6) is 0 Å². The Morgan fingerprint density at radius 3 is 2.96 bits per heavy atom. The molecular formula is C19H22N4O2. The van der Waals surface area contributed by atoms with Gasteiger partial charge in [-0.05, 0) is 42.1 Å². The summed E-state index contributed by atoms with van der Waals surface area (Å²) in [7, 11) is 1.69. The van der Waals surface area contributed by atoms with Crippen molar-refractivity contribution >= 4 is 22.6 Å². The number of pyridine rings is 1. The van der Waals surface area contributed by atoms with E-state index in [0.29, 0.717) is 13.2 Å². The van der Waals surface area contributed by atoms with Crippen LogP contribution in [0.2, 0.25) is 0 Å². The number of amides is 2. The number of nitrogens with one attached hydrogen (secondary N) is 2. The number of nitrogens with zero attached hydrogens (tertiary/aromatic N) is 2. The smallest absolute Gasteiger partial charge is 0.319 e. The Morgan fingerprint density at radius 1 is 1.28 bits per heavy atom. The van der Waals surface area contributed by atoms with E-state index in [-0.39, 0.29) is 6.03 Å². The number of ether oxygens (including phenoxy) is 1. The first kappa shape index (κ1) is 17.0. The fourth-order valence-electron chi connectivity index (χ4n) is 2.69. The highest BCUT2D eigenvalue weighted by atomic mass is 16.5. The van der Waals surface area contributed by atoms with Crippen molar-refractivity contribution in [1.29, 1.82) is 0 Å². The number of methoxy groups -OCH3 is 1. The average Bonchev–Trinajstić information content (AvgIpc) is 3.01. The minimum absolute atomic E-state index is 0.251. The Bertz CT molecular complexity index is 873. The topological polar surface area (TPSA) is 68.2 Å². The Hall–Kier alpha value is -2.86. The third kappa shape index (κ3) is 4.16. The first-order valence-electron chi connectivity index (χ1n) is 8.20. The monoisotopic (exact) mass is 338 g/mol. The number of benzene rings is 1. The predicted molar refractivity (Wildman–Crippen MR) is 98.6 cm³/mol. The van der Waals surface area contributed by atoms with Crippen LogP contribution < -0.4 is 10.6 Å². The largest absolute Gasteiger partial charge is 0.383 e. The van der Waals surface area contributed by atoms with Crippen LogP contribution in [0.3, 0.4) is 0 Å². The molecule has 0 radical (unpaired) electrons. The van der Waals surface area contributed by atoms with E-state index in [1.165, 1.54) is 0 Å². The van der Waals surface area contributed by atoms with Crippen LogP contribution in [0.4, 0.5) is 10.5 Å². The normalized spacial score (nSPS) is 10.8. The molecule has 0 unspecified atom stereocenters. The maximum absolute atomic E-state index is 12.2. The molecule has 0 aliphatic carbocycles. The van der Waals surface area contributed by atoms with Gasteiger partial charge in [0.1, 0.15) is 0 Å². The summed E-state index contributed by atoms with van der Waals surface area (Å²) < 4.78 is 7.25. The molecule has 6 nitrogen and oxygen atoms in total. The standard InChI is InChI=1S/C19H22N4O2/c1-14-4-3-8-20-17(14)13-21-19(24)22-16-6-5-15-7-9-23(10-11-25-2)18(15)12-16/h3-9,12H,10-11,13H2,1-2H3,(H2,21,22,24). The molecular weight excluding hydrogens is 316 g/mol. The van der Waals surface area contributed by atoms with E-state index in [0.717, 1.165) is 34.4 Å². The highest BCUT2D eigenvalue weighted by molar-refractivity contribution is 5.92. The molecule has 130 valence electrons. The highest BCUT2D eigenvalue weighted by Gasteiger charge is 2.06. The van der Waals surface area contributed by atoms with E-state index in [1.54, 1.807) is 13.3 Å². The second-order valence-corrected chi connectivity index (χ2v) is 5.85. The molecule has 2 aromatic heterocycles. The molecule has 0 bridgehead atoms. The van der Waals surface area contributed by atoms with Gasteiger partial charge in [-0.2, -0.15) is 0 Å². The Balaban J connectivity index is 1.65. The summed E-state index contributed by atoms with van der Waals surface area (Å²) in [6, 6.07) is 11.5. The molecule has 1 aromatic carbocycles. The second-order valence-electron chi connectivity index (χ2n) is 5.85. The van der Waals surface area contributed by atoms with Crippen LogP contribution in [0.25, 0.3) is 10.9 Å². The predicted octanol–water partition coefficient (Wildman–Crippen LogP) is 3.31. The maximum Gasteiger partial charge on any atom is 0.319 e. The van der Waals surface area contributed by atoms with Gasteiger partial charge in [0.2, 0.25) is 0 Å². The molecule has 0 atom stereocenters. The van der Waals surface area contributed by atoms with E-state index in [9.17, 15) is 4.79 Å². The van der Waals surface area contributed by atoms with Gasteiger partial charge < -0.3 is 19.9 Å². The van der Waals surface area contributed by atoms with Crippen LogP contribution in [0, 0.1) is 6.92 Å². The van der Waals surface area contributed by atoms with Crippen molar-refractivity contribution in [2.45, 2.75) is 20.0 Å². The summed E-state index contributed by atoms with van der Waals surface area (Å²) in [6.45, 7) is 3.79. The first-order valence-corrected chi connectivity index (χ1v) is 8.20. The van der Waals surface area contributed by atoms with Gasteiger partial charge in [0.05, 0.1) is 24.4 Å². The van der Waals surface area contributed by atoms with Gasteiger partial charge in [-0.1, -0.05) is 12.1 Å². The molecule has 2 heterocycles. The Labute approximate surface area is 146 Å². The number of rotatable bonds is 6. The third-order valence-electron chi connectivity index (χ3n) is 4.10. The molecule has 0 aliphatic heterocycles. The fourth-order valence-corrected chi connectivity index (χ4v) is 2.69. The summed E-state index contributed by atoms with van der Waals surface area (Å²) in [4.78, 5) is 16.4. The Kier molecular flexibility index (Phi) is 5.30. The molecule has 2 amide bonds. The SMILES string of the molecule is COCCn1ccc2ccc(NC(=O)NCc3ncccc3C)cc21. The first-order chi connectivity index (χ1) is 12.2. The number of aromatic nitrogens is 2. The molecule has 0 saturated heterocycles. The zero-order chi connectivity index (χ0) is 17.6. The molecule has 25 heavy (non-hydrogen) atoms. The summed E-state index contributed by atoms with van der Waals surface area (Å²) in [5.74, 6) is 0. The number of anilines is 1. The summed E-state index contributed by atoms with van der Waals surface area (Å²) in [6.07, 6.45) is 3.75. The Morgan fingerprint density at radius 2 is 2.16 bits per heavy atom. The lowest BCUT2D eigenvalue weighted by Crippen LogP contribution is -2.28. The number of urea groups is 1. The number of hydrogen-bond donors (Lipinski definition) is 2. The maximum atomic E-state index is 12.2. The minimum atomic E-state index is -0.251. The van der Waals surface area contributed by atoms with Crippen LogP contribution >= 0.6 is 0 Å². The second kappa shape index (κ2) is 7.81. The van der Waals surface area contributed by atoms with Crippen molar-refractivity contribution in [2.75, 3.05) is 19.0 Å². The van der Waals surface area contributed by atoms with Gasteiger partial charge in [-0.15, -0.1) is 0 Å². The van der Waals surface area contributed by atoms with E-state index in [2.05, 4.69) is 26.3 Å². The molecule has 6 heteroatoms. The van der Waals surface area contributed by atoms with Crippen molar-refractivity contribution in [1.82, 2.24) is 14.9 Å². The van der Waals surface area contributed by atoms with Gasteiger partial charge in [-0.3, -0.25) is 4.98 Å². The summed E-state index contributed by atoms with van der Waals surface area (Å²) in [5, 5.41) is 6.84. The fraction of sp³-hybridized carbons (Fsp3) is 0.263. The van der Waals surface area contributed by atoms with Gasteiger partial charge >= 0.3 is 6.03 Å². The van der Waals surface area contributed by atoms with Crippen LogP contribution in [0.15, 0.2) is 48.8 Å². The average molecular weight is 338 g/mol. The van der Waals surface area contributed by atoms with E-state index < -0.39 is 0 Å². The van der Waals surface area contributed by atoms with Crippen molar-refractivity contribution in [3.05, 3.63) is 60.0 Å². The van der Waals surface area contributed by atoms with Gasteiger partial charge in [-0.25, -0.2) is 4.79 Å². The molecule has 0 fully saturated rings. The number of carbonyl (C=O) groups is 1. The van der Waals surface area contributed by atoms with Crippen molar-refractivity contribution in [3.8, 4) is 0 Å². The number of hydrogen-bond acceptors (Lipinski definition) is 3. The van der Waals surface area contributed by atoms with E-state index in [1.807, 2.05) is 43.5 Å². The van der Waals surface area contributed by atoms with E-state index >= 15 is 0 Å². The quantitative estimate of drug-likeness (QED) is 0.724. The van der Waals surface area contributed by atoms with Crippen molar-refractivity contribution in [2.24, 2.45) is 0 Å². The number of aryl methyl sites for hydroxylation is 1. The lowest BCUT2D eigenvalue weighted by molar-refractivity contribution is 0.188. The molecule has 2 N–H and O–H groups in total. The zero-order valence-corrected chi connectivity index (χ0v) is 14.5. The molecule has 0 saturated carbocycles. The van der Waals surface area contributed by atoms with Crippen molar-refractivity contribution in [3.63, 3.8) is 0 Å². The van der Waals surface area contributed by atoms with E-state index in [4.69, 9.17) is 4.74 Å². The molecule has 3 aromatic rings. The third-order valence-corrected chi connectivity index (χ3v) is 4.10. The number of fused-ring (bicyclic) bond motifs is 1.